The Labute approximate surface area is 84.9 Å². The van der Waals surface area contributed by atoms with Crippen LogP contribution in [0.1, 0.15) is 32.1 Å². The maximum atomic E-state index is 5.63. The van der Waals surface area contributed by atoms with Gasteiger partial charge in [-0.15, -0.1) is 0 Å². The molecule has 2 heteroatoms. The normalized spacial score (nSPS) is 28.0. The summed E-state index contributed by atoms with van der Waals surface area (Å²) in [5.74, 6) is 3.47. The smallest absolute Gasteiger partial charge is 0.0909 e. The Kier molecular flexibility index (Phi) is 3.59. The molecule has 13 heavy (non-hydrogen) atoms. The van der Waals surface area contributed by atoms with Gasteiger partial charge in [0.2, 0.25) is 0 Å². The lowest BCUT2D eigenvalue weighted by molar-refractivity contribution is 0.203. The third-order valence-electron chi connectivity index (χ3n) is 2.85. The van der Waals surface area contributed by atoms with Crippen LogP contribution in [0.2, 0.25) is 0 Å². The van der Waals surface area contributed by atoms with E-state index in [0.717, 1.165) is 12.5 Å². The monoisotopic (exact) mass is 198 g/mol. The molecule has 74 valence electrons. The maximum Gasteiger partial charge on any atom is 0.0909 e. The second-order valence-corrected chi connectivity index (χ2v) is 5.20. The van der Waals surface area contributed by atoms with Gasteiger partial charge in [0.25, 0.3) is 0 Å². The van der Waals surface area contributed by atoms with Crippen molar-refractivity contribution in [3.05, 3.63) is 11.8 Å². The predicted molar refractivity (Wildman–Crippen MR) is 57.9 cm³/mol. The Bertz CT molecular complexity index is 175. The van der Waals surface area contributed by atoms with Crippen molar-refractivity contribution in [2.24, 2.45) is 5.92 Å². The zero-order valence-corrected chi connectivity index (χ0v) is 8.94. The highest BCUT2D eigenvalue weighted by molar-refractivity contribution is 7.99. The Morgan fingerprint density at radius 3 is 2.92 bits per heavy atom. The molecule has 1 aliphatic heterocycles. The number of ether oxygens (including phenoxy) is 1. The van der Waals surface area contributed by atoms with Gasteiger partial charge in [0, 0.05) is 5.92 Å². The zero-order valence-electron chi connectivity index (χ0n) is 8.13. The molecule has 2 rings (SSSR count). The largest absolute Gasteiger partial charge is 0.501 e. The summed E-state index contributed by atoms with van der Waals surface area (Å²) in [5, 5.41) is 0. The number of thioether (sulfide) groups is 1. The van der Waals surface area contributed by atoms with Crippen LogP contribution in [0.15, 0.2) is 11.8 Å². The molecule has 1 unspecified atom stereocenters. The van der Waals surface area contributed by atoms with E-state index >= 15 is 0 Å². The molecule has 1 nitrogen and oxygen atoms in total. The van der Waals surface area contributed by atoms with E-state index in [2.05, 4.69) is 11.8 Å². The average Bonchev–Trinajstić information content (AvgIpc) is 2.75. The quantitative estimate of drug-likeness (QED) is 0.644. The molecule has 0 bridgehead atoms. The van der Waals surface area contributed by atoms with Crippen LogP contribution in [0, 0.1) is 5.92 Å². The van der Waals surface area contributed by atoms with Gasteiger partial charge in [-0.25, -0.2) is 0 Å². The third-order valence-corrected chi connectivity index (χ3v) is 4.08. The number of hydrogen-bond acceptors (Lipinski definition) is 2. The van der Waals surface area contributed by atoms with E-state index < -0.39 is 0 Å². The Balaban J connectivity index is 1.64. The highest BCUT2D eigenvalue weighted by atomic mass is 32.2. The number of hydrogen-bond donors (Lipinski definition) is 0. The van der Waals surface area contributed by atoms with Crippen molar-refractivity contribution in [1.82, 2.24) is 0 Å². The number of allylic oxidation sites excluding steroid dienone is 1. The van der Waals surface area contributed by atoms with Crippen molar-refractivity contribution in [2.45, 2.75) is 32.1 Å². The van der Waals surface area contributed by atoms with Crippen LogP contribution < -0.4 is 0 Å². The van der Waals surface area contributed by atoms with Gasteiger partial charge in [0.05, 0.1) is 12.9 Å². The van der Waals surface area contributed by atoms with Gasteiger partial charge in [0.15, 0.2) is 0 Å². The van der Waals surface area contributed by atoms with Gasteiger partial charge in [-0.05, 0) is 49.2 Å². The molecule has 1 heterocycles. The van der Waals surface area contributed by atoms with Crippen molar-refractivity contribution >= 4 is 11.8 Å². The fraction of sp³-hybridized carbons (Fsp3) is 0.818. The van der Waals surface area contributed by atoms with E-state index in [-0.39, 0.29) is 0 Å². The molecule has 0 N–H and O–H groups in total. The summed E-state index contributed by atoms with van der Waals surface area (Å²) in [7, 11) is 0. The Hall–Kier alpha value is -0.110. The van der Waals surface area contributed by atoms with Crippen molar-refractivity contribution in [1.29, 1.82) is 0 Å². The third kappa shape index (κ3) is 2.94. The molecule has 0 aromatic heterocycles. The van der Waals surface area contributed by atoms with Crippen LogP contribution in [0.25, 0.3) is 0 Å². The summed E-state index contributed by atoms with van der Waals surface area (Å²) in [6.07, 6.45) is 8.69. The number of rotatable bonds is 3. The second-order valence-electron chi connectivity index (χ2n) is 4.05. The van der Waals surface area contributed by atoms with E-state index in [9.17, 15) is 0 Å². The first-order chi connectivity index (χ1) is 6.45. The molecular formula is C11H18OS. The summed E-state index contributed by atoms with van der Waals surface area (Å²) in [6, 6.07) is 0. The maximum absolute atomic E-state index is 5.63. The summed E-state index contributed by atoms with van der Waals surface area (Å²) in [5.41, 5.74) is 1.53. The van der Waals surface area contributed by atoms with Gasteiger partial charge < -0.3 is 4.74 Å². The van der Waals surface area contributed by atoms with Crippen LogP contribution in [0.4, 0.5) is 0 Å². The molecule has 1 saturated carbocycles. The predicted octanol–water partition coefficient (Wildman–Crippen LogP) is 3.21. The molecule has 0 aromatic rings. The van der Waals surface area contributed by atoms with Crippen molar-refractivity contribution in [2.75, 3.05) is 18.1 Å². The molecule has 0 amide bonds. The van der Waals surface area contributed by atoms with Crippen LogP contribution in [-0.2, 0) is 4.74 Å². The van der Waals surface area contributed by atoms with Crippen LogP contribution in [-0.4, -0.2) is 18.1 Å². The standard InChI is InChI=1S/C11H18OS/c1-2-4-10(3-1)7-12-8-11-5-6-13-9-11/h7,11H,1-6,8-9H2. The first kappa shape index (κ1) is 9.45. The van der Waals surface area contributed by atoms with Gasteiger partial charge in [0.1, 0.15) is 0 Å². The molecule has 0 aromatic carbocycles. The van der Waals surface area contributed by atoms with E-state index in [0.29, 0.717) is 0 Å². The SMILES string of the molecule is C(OCC1CCSC1)=C1CCCC1. The van der Waals surface area contributed by atoms with Crippen molar-refractivity contribution in [3.63, 3.8) is 0 Å². The lowest BCUT2D eigenvalue weighted by Crippen LogP contribution is -2.05. The molecule has 2 aliphatic rings. The van der Waals surface area contributed by atoms with E-state index in [1.165, 1.54) is 49.2 Å². The first-order valence-electron chi connectivity index (χ1n) is 5.32. The van der Waals surface area contributed by atoms with E-state index in [4.69, 9.17) is 4.74 Å². The first-order valence-corrected chi connectivity index (χ1v) is 6.48. The zero-order chi connectivity index (χ0) is 8.93. The highest BCUT2D eigenvalue weighted by Crippen LogP contribution is 2.25. The van der Waals surface area contributed by atoms with Gasteiger partial charge in [-0.1, -0.05) is 0 Å². The summed E-state index contributed by atoms with van der Waals surface area (Å²) >= 11 is 2.06. The molecule has 2 fully saturated rings. The summed E-state index contributed by atoms with van der Waals surface area (Å²) in [6.45, 7) is 0.955. The highest BCUT2D eigenvalue weighted by Gasteiger charge is 2.15. The van der Waals surface area contributed by atoms with Gasteiger partial charge >= 0.3 is 0 Å². The molecule has 1 aliphatic carbocycles. The minimum Gasteiger partial charge on any atom is -0.501 e. The minimum absolute atomic E-state index is 0.822. The molecule has 0 spiro atoms. The molecule has 0 radical (unpaired) electrons. The lowest BCUT2D eigenvalue weighted by atomic mass is 10.1. The lowest BCUT2D eigenvalue weighted by Gasteiger charge is -2.07. The second kappa shape index (κ2) is 4.94. The Morgan fingerprint density at radius 2 is 2.23 bits per heavy atom. The summed E-state index contributed by atoms with van der Waals surface area (Å²) in [4.78, 5) is 0. The van der Waals surface area contributed by atoms with Crippen LogP contribution >= 0.6 is 11.8 Å². The summed E-state index contributed by atoms with van der Waals surface area (Å²) < 4.78 is 5.63. The topological polar surface area (TPSA) is 9.23 Å². The molecular weight excluding hydrogens is 180 g/mol. The van der Waals surface area contributed by atoms with Gasteiger partial charge in [-0.2, -0.15) is 11.8 Å². The van der Waals surface area contributed by atoms with E-state index in [1.54, 1.807) is 0 Å². The van der Waals surface area contributed by atoms with E-state index in [1.807, 2.05) is 6.26 Å². The Morgan fingerprint density at radius 1 is 1.38 bits per heavy atom. The van der Waals surface area contributed by atoms with Gasteiger partial charge in [-0.3, -0.25) is 0 Å². The molecule has 1 atom stereocenters. The van der Waals surface area contributed by atoms with Crippen molar-refractivity contribution in [3.8, 4) is 0 Å². The fourth-order valence-corrected chi connectivity index (χ4v) is 3.23. The van der Waals surface area contributed by atoms with Crippen molar-refractivity contribution < 1.29 is 4.74 Å². The van der Waals surface area contributed by atoms with Crippen LogP contribution in [0.3, 0.4) is 0 Å². The average molecular weight is 198 g/mol. The minimum atomic E-state index is 0.822. The fourth-order valence-electron chi connectivity index (χ4n) is 1.96. The van der Waals surface area contributed by atoms with Crippen LogP contribution in [0.5, 0.6) is 0 Å². The molecule has 1 saturated heterocycles.